The zero-order chi connectivity index (χ0) is 12.4. The average molecular weight is 235 g/mol. The van der Waals surface area contributed by atoms with Crippen molar-refractivity contribution in [1.29, 1.82) is 0 Å². The highest BCUT2D eigenvalue weighted by atomic mass is 16.6. The maximum Gasteiger partial charge on any atom is 0.293 e. The number of ether oxygens (including phenoxy) is 1. The first kappa shape index (κ1) is 11.9. The number of hydrogen-bond acceptors (Lipinski definition) is 4. The van der Waals surface area contributed by atoms with Crippen molar-refractivity contribution in [1.82, 2.24) is 0 Å². The van der Waals surface area contributed by atoms with Gasteiger partial charge in [0.15, 0.2) is 0 Å². The minimum Gasteiger partial charge on any atom is -0.372 e. The van der Waals surface area contributed by atoms with Crippen LogP contribution in [0.4, 0.5) is 11.4 Å². The van der Waals surface area contributed by atoms with E-state index in [-0.39, 0.29) is 22.8 Å². The molecule has 17 heavy (non-hydrogen) atoms. The van der Waals surface area contributed by atoms with Gasteiger partial charge in [0, 0.05) is 19.2 Å². The maximum absolute atomic E-state index is 11.0. The van der Waals surface area contributed by atoms with Gasteiger partial charge < -0.3 is 9.64 Å². The summed E-state index contributed by atoms with van der Waals surface area (Å²) in [7, 11) is 0. The number of benzene rings is 1. The van der Waals surface area contributed by atoms with E-state index in [4.69, 9.17) is 4.74 Å². The van der Waals surface area contributed by atoms with Crippen molar-refractivity contribution in [2.24, 2.45) is 0 Å². The molecule has 1 aliphatic rings. The first-order valence-electron chi connectivity index (χ1n) is 5.63. The molecule has 1 heterocycles. The van der Waals surface area contributed by atoms with Crippen LogP contribution < -0.4 is 4.90 Å². The van der Waals surface area contributed by atoms with Crippen molar-refractivity contribution in [3.05, 3.63) is 34.4 Å². The fourth-order valence-corrected chi connectivity index (χ4v) is 2.20. The lowest BCUT2D eigenvalue weighted by Gasteiger charge is -2.36. The van der Waals surface area contributed by atoms with Gasteiger partial charge in [-0.25, -0.2) is 0 Å². The summed E-state index contributed by atoms with van der Waals surface area (Å²) >= 11 is 0. The van der Waals surface area contributed by atoms with Crippen LogP contribution in [0.2, 0.25) is 0 Å². The highest BCUT2D eigenvalue weighted by Crippen LogP contribution is 2.29. The Morgan fingerprint density at radius 3 is 2.71 bits per heavy atom. The van der Waals surface area contributed by atoms with E-state index < -0.39 is 0 Å². The van der Waals surface area contributed by atoms with Crippen molar-refractivity contribution in [2.75, 3.05) is 18.0 Å². The van der Waals surface area contributed by atoms with E-state index in [9.17, 15) is 10.1 Å². The third-order valence-electron chi connectivity index (χ3n) is 2.78. The van der Waals surface area contributed by atoms with Crippen LogP contribution in [0.15, 0.2) is 18.2 Å². The molecule has 1 saturated heterocycles. The summed E-state index contributed by atoms with van der Waals surface area (Å²) in [5.41, 5.74) is 0.754. The molecule has 0 amide bonds. The normalized spacial score (nSPS) is 24.7. The Morgan fingerprint density at radius 2 is 2.12 bits per heavy atom. The minimum atomic E-state index is -0.364. The lowest BCUT2D eigenvalue weighted by atomic mass is 10.2. The highest BCUT2D eigenvalue weighted by molar-refractivity contribution is 5.63. The monoisotopic (exact) mass is 235 g/mol. The molecule has 2 rings (SSSR count). The van der Waals surface area contributed by atoms with Gasteiger partial charge >= 0.3 is 0 Å². The second-order valence-electron chi connectivity index (χ2n) is 4.33. The van der Waals surface area contributed by atoms with E-state index in [2.05, 4.69) is 6.07 Å². The van der Waals surface area contributed by atoms with E-state index in [1.807, 2.05) is 18.7 Å². The van der Waals surface area contributed by atoms with E-state index in [0.29, 0.717) is 18.8 Å². The molecule has 1 aromatic rings. The Balaban J connectivity index is 2.30. The van der Waals surface area contributed by atoms with Gasteiger partial charge in [-0.15, -0.1) is 0 Å². The van der Waals surface area contributed by atoms with Gasteiger partial charge in [-0.1, -0.05) is 6.07 Å². The van der Waals surface area contributed by atoms with Crippen LogP contribution in [-0.2, 0) is 4.74 Å². The van der Waals surface area contributed by atoms with Crippen LogP contribution in [0.5, 0.6) is 0 Å². The Kier molecular flexibility index (Phi) is 3.28. The van der Waals surface area contributed by atoms with Crippen molar-refractivity contribution < 1.29 is 9.66 Å². The van der Waals surface area contributed by atoms with Gasteiger partial charge in [0.25, 0.3) is 5.69 Å². The molecule has 1 aliphatic heterocycles. The van der Waals surface area contributed by atoms with Crippen LogP contribution >= 0.6 is 0 Å². The largest absolute Gasteiger partial charge is 0.372 e. The lowest BCUT2D eigenvalue weighted by molar-refractivity contribution is -0.384. The fraction of sp³-hybridized carbons (Fsp3) is 0.500. The van der Waals surface area contributed by atoms with Gasteiger partial charge in [0.05, 0.1) is 17.1 Å². The second kappa shape index (κ2) is 4.71. The summed E-state index contributed by atoms with van der Waals surface area (Å²) in [5, 5.41) is 11.0. The first-order chi connectivity index (χ1) is 8.08. The Morgan fingerprint density at radius 1 is 1.47 bits per heavy atom. The van der Waals surface area contributed by atoms with Gasteiger partial charge in [0.2, 0.25) is 0 Å². The topological polar surface area (TPSA) is 55.6 Å². The summed E-state index contributed by atoms with van der Waals surface area (Å²) in [6, 6.07) is 7.60. The number of nitro groups is 1. The molecule has 2 unspecified atom stereocenters. The van der Waals surface area contributed by atoms with Crippen molar-refractivity contribution >= 4 is 11.4 Å². The van der Waals surface area contributed by atoms with Gasteiger partial charge in [-0.05, 0) is 26.0 Å². The number of morpholine rings is 1. The second-order valence-corrected chi connectivity index (χ2v) is 4.33. The molecule has 91 valence electrons. The summed E-state index contributed by atoms with van der Waals surface area (Å²) < 4.78 is 5.62. The fourth-order valence-electron chi connectivity index (χ4n) is 2.20. The minimum absolute atomic E-state index is 0.0857. The van der Waals surface area contributed by atoms with Crippen LogP contribution in [0.3, 0.4) is 0 Å². The smallest absolute Gasteiger partial charge is 0.293 e. The summed E-state index contributed by atoms with van der Waals surface area (Å²) in [4.78, 5) is 12.6. The third kappa shape index (κ3) is 2.55. The molecule has 5 nitrogen and oxygen atoms in total. The van der Waals surface area contributed by atoms with Crippen molar-refractivity contribution in [2.45, 2.75) is 26.1 Å². The molecule has 1 fully saturated rings. The summed E-state index contributed by atoms with van der Waals surface area (Å²) in [6.45, 7) is 5.30. The number of rotatable bonds is 2. The van der Waals surface area contributed by atoms with E-state index >= 15 is 0 Å². The van der Waals surface area contributed by atoms with Crippen LogP contribution in [0.1, 0.15) is 13.8 Å². The Hall–Kier alpha value is -1.62. The van der Waals surface area contributed by atoms with Crippen LogP contribution in [0, 0.1) is 16.2 Å². The van der Waals surface area contributed by atoms with E-state index in [0.717, 1.165) is 0 Å². The number of nitrogens with zero attached hydrogens (tertiary/aromatic N) is 2. The number of anilines is 1. The molecule has 0 aromatic heterocycles. The maximum atomic E-state index is 11.0. The predicted octanol–water partition coefficient (Wildman–Crippen LogP) is 2.01. The quantitative estimate of drug-likeness (QED) is 0.581. The van der Waals surface area contributed by atoms with E-state index in [1.165, 1.54) is 6.07 Å². The Labute approximate surface area is 100 Å². The molecule has 2 atom stereocenters. The molecule has 5 heteroatoms. The SMILES string of the molecule is CC1CN(c2cc[c]cc2[N+](=O)[O-])CC(C)O1. The molecule has 0 spiro atoms. The molecular weight excluding hydrogens is 220 g/mol. The summed E-state index contributed by atoms with van der Waals surface area (Å²) in [5.74, 6) is 0. The lowest BCUT2D eigenvalue weighted by Crippen LogP contribution is -2.45. The number of nitro benzene ring substituents is 1. The molecule has 1 aromatic carbocycles. The zero-order valence-corrected chi connectivity index (χ0v) is 9.92. The predicted molar refractivity (Wildman–Crippen MR) is 64.2 cm³/mol. The Bertz CT molecular complexity index is 412. The standard InChI is InChI=1S/C12H15N2O3/c1-9-7-13(8-10(2)17-9)11-5-3-4-6-12(11)14(15)16/h3,5-6,9-10H,7-8H2,1-2H3. The molecule has 1 radical (unpaired) electrons. The molecule has 0 N–H and O–H groups in total. The third-order valence-corrected chi connectivity index (χ3v) is 2.78. The number of hydrogen-bond donors (Lipinski definition) is 0. The molecular formula is C12H15N2O3. The van der Waals surface area contributed by atoms with Gasteiger partial charge in [-0.2, -0.15) is 0 Å². The van der Waals surface area contributed by atoms with Crippen LogP contribution in [-0.4, -0.2) is 30.2 Å². The molecule has 0 saturated carbocycles. The van der Waals surface area contributed by atoms with E-state index in [1.54, 1.807) is 12.1 Å². The van der Waals surface area contributed by atoms with Gasteiger partial charge in [0.1, 0.15) is 5.69 Å². The summed E-state index contributed by atoms with van der Waals surface area (Å²) in [6.07, 6.45) is 0.171. The highest BCUT2D eigenvalue weighted by Gasteiger charge is 2.26. The first-order valence-corrected chi connectivity index (χ1v) is 5.63. The van der Waals surface area contributed by atoms with Crippen LogP contribution in [0.25, 0.3) is 0 Å². The molecule has 0 bridgehead atoms. The average Bonchev–Trinajstić information content (AvgIpc) is 2.27. The molecule has 0 aliphatic carbocycles. The zero-order valence-electron chi connectivity index (χ0n) is 9.92. The van der Waals surface area contributed by atoms with Crippen molar-refractivity contribution in [3.8, 4) is 0 Å². The van der Waals surface area contributed by atoms with Crippen molar-refractivity contribution in [3.63, 3.8) is 0 Å². The van der Waals surface area contributed by atoms with Gasteiger partial charge in [-0.3, -0.25) is 10.1 Å².